The number of halogens is 1. The van der Waals surface area contributed by atoms with Crippen molar-refractivity contribution in [1.82, 2.24) is 14.9 Å². The lowest BCUT2D eigenvalue weighted by atomic mass is 10.2. The van der Waals surface area contributed by atoms with E-state index in [4.69, 9.17) is 0 Å². The standard InChI is InChI=1S/C17H26FN3/c1-4-5-6-11-21-16-8-7-14(18)12-15(16)20-17(21)9-10-19-13(2)3/h7-8,12-13,19H,4-6,9-11H2,1-3H3. The van der Waals surface area contributed by atoms with Crippen LogP contribution in [0.15, 0.2) is 18.2 Å². The Morgan fingerprint density at radius 1 is 1.29 bits per heavy atom. The normalized spacial score (nSPS) is 11.7. The minimum atomic E-state index is -0.215. The summed E-state index contributed by atoms with van der Waals surface area (Å²) in [5.41, 5.74) is 1.82. The first-order valence-electron chi connectivity index (χ1n) is 8.00. The molecule has 0 spiro atoms. The van der Waals surface area contributed by atoms with Gasteiger partial charge in [-0.3, -0.25) is 0 Å². The van der Waals surface area contributed by atoms with Gasteiger partial charge in [-0.1, -0.05) is 33.6 Å². The van der Waals surface area contributed by atoms with Crippen molar-refractivity contribution in [3.63, 3.8) is 0 Å². The lowest BCUT2D eigenvalue weighted by Crippen LogP contribution is -2.25. The molecule has 0 fully saturated rings. The third-order valence-electron chi connectivity index (χ3n) is 3.68. The Kier molecular flexibility index (Phi) is 5.74. The highest BCUT2D eigenvalue weighted by atomic mass is 19.1. The molecule has 21 heavy (non-hydrogen) atoms. The van der Waals surface area contributed by atoms with Gasteiger partial charge >= 0.3 is 0 Å². The zero-order valence-corrected chi connectivity index (χ0v) is 13.3. The largest absolute Gasteiger partial charge is 0.328 e. The minimum absolute atomic E-state index is 0.215. The van der Waals surface area contributed by atoms with Crippen molar-refractivity contribution >= 4 is 11.0 Å². The Hall–Kier alpha value is -1.42. The van der Waals surface area contributed by atoms with E-state index in [-0.39, 0.29) is 5.82 Å². The highest BCUT2D eigenvalue weighted by Crippen LogP contribution is 2.19. The van der Waals surface area contributed by atoms with Gasteiger partial charge in [0.05, 0.1) is 11.0 Å². The predicted molar refractivity (Wildman–Crippen MR) is 86.1 cm³/mol. The van der Waals surface area contributed by atoms with Gasteiger partial charge in [0.15, 0.2) is 0 Å². The molecule has 116 valence electrons. The second-order valence-electron chi connectivity index (χ2n) is 5.88. The Balaban J connectivity index is 2.21. The third kappa shape index (κ3) is 4.27. The summed E-state index contributed by atoms with van der Waals surface area (Å²) in [7, 11) is 0. The number of unbranched alkanes of at least 4 members (excludes halogenated alkanes) is 2. The number of benzene rings is 1. The number of rotatable bonds is 8. The summed E-state index contributed by atoms with van der Waals surface area (Å²) in [5, 5.41) is 3.42. The summed E-state index contributed by atoms with van der Waals surface area (Å²) >= 11 is 0. The van der Waals surface area contributed by atoms with E-state index in [0.29, 0.717) is 6.04 Å². The molecular formula is C17H26FN3. The molecule has 0 amide bonds. The van der Waals surface area contributed by atoms with Crippen molar-refractivity contribution in [3.05, 3.63) is 29.8 Å². The van der Waals surface area contributed by atoms with Crippen molar-refractivity contribution in [2.75, 3.05) is 6.54 Å². The number of nitrogens with one attached hydrogen (secondary N) is 1. The summed E-state index contributed by atoms with van der Waals surface area (Å²) in [6.45, 7) is 8.35. The zero-order valence-electron chi connectivity index (χ0n) is 13.3. The van der Waals surface area contributed by atoms with E-state index < -0.39 is 0 Å². The molecule has 0 bridgehead atoms. The van der Waals surface area contributed by atoms with Crippen LogP contribution in [0.3, 0.4) is 0 Å². The number of fused-ring (bicyclic) bond motifs is 1. The molecule has 1 aromatic carbocycles. The first-order valence-corrected chi connectivity index (χ1v) is 8.00. The molecule has 1 heterocycles. The van der Waals surface area contributed by atoms with Crippen LogP contribution in [0.1, 0.15) is 45.9 Å². The number of hydrogen-bond donors (Lipinski definition) is 1. The Bertz CT molecular complexity index is 575. The highest BCUT2D eigenvalue weighted by Gasteiger charge is 2.11. The van der Waals surface area contributed by atoms with Gasteiger partial charge in [0.2, 0.25) is 0 Å². The molecule has 4 heteroatoms. The Morgan fingerprint density at radius 3 is 2.81 bits per heavy atom. The minimum Gasteiger partial charge on any atom is -0.328 e. The van der Waals surface area contributed by atoms with Crippen LogP contribution >= 0.6 is 0 Å². The van der Waals surface area contributed by atoms with Crippen LogP contribution in [0.4, 0.5) is 4.39 Å². The number of hydrogen-bond acceptors (Lipinski definition) is 2. The fourth-order valence-corrected chi connectivity index (χ4v) is 2.59. The van der Waals surface area contributed by atoms with Crippen LogP contribution in [0.2, 0.25) is 0 Å². The molecule has 2 aromatic rings. The summed E-state index contributed by atoms with van der Waals surface area (Å²) in [6, 6.07) is 5.38. The molecule has 1 N–H and O–H groups in total. The van der Waals surface area contributed by atoms with E-state index in [2.05, 4.69) is 35.6 Å². The van der Waals surface area contributed by atoms with Gasteiger partial charge in [-0.05, 0) is 18.6 Å². The number of aryl methyl sites for hydroxylation is 1. The van der Waals surface area contributed by atoms with Crippen LogP contribution in [0, 0.1) is 5.82 Å². The fourth-order valence-electron chi connectivity index (χ4n) is 2.59. The van der Waals surface area contributed by atoms with Gasteiger partial charge in [0.1, 0.15) is 11.6 Å². The Labute approximate surface area is 126 Å². The van der Waals surface area contributed by atoms with E-state index in [9.17, 15) is 4.39 Å². The molecule has 0 saturated carbocycles. The second-order valence-corrected chi connectivity index (χ2v) is 5.88. The predicted octanol–water partition coefficient (Wildman–Crippen LogP) is 3.91. The van der Waals surface area contributed by atoms with E-state index in [1.54, 1.807) is 0 Å². The smallest absolute Gasteiger partial charge is 0.125 e. The van der Waals surface area contributed by atoms with E-state index in [0.717, 1.165) is 42.8 Å². The topological polar surface area (TPSA) is 29.9 Å². The zero-order chi connectivity index (χ0) is 15.2. The number of aromatic nitrogens is 2. The van der Waals surface area contributed by atoms with Gasteiger partial charge in [0.25, 0.3) is 0 Å². The molecule has 0 aliphatic carbocycles. The maximum absolute atomic E-state index is 13.4. The van der Waals surface area contributed by atoms with Crippen LogP contribution in [-0.4, -0.2) is 22.1 Å². The van der Waals surface area contributed by atoms with Crippen molar-refractivity contribution in [3.8, 4) is 0 Å². The van der Waals surface area contributed by atoms with E-state index in [1.807, 2.05) is 6.07 Å². The highest BCUT2D eigenvalue weighted by molar-refractivity contribution is 5.76. The maximum atomic E-state index is 13.4. The van der Waals surface area contributed by atoms with Gasteiger partial charge in [-0.2, -0.15) is 0 Å². The summed E-state index contributed by atoms with van der Waals surface area (Å²) < 4.78 is 15.6. The van der Waals surface area contributed by atoms with Crippen molar-refractivity contribution in [2.45, 2.75) is 59.0 Å². The fraction of sp³-hybridized carbons (Fsp3) is 0.588. The summed E-state index contributed by atoms with van der Waals surface area (Å²) in [6.07, 6.45) is 4.43. The average molecular weight is 291 g/mol. The van der Waals surface area contributed by atoms with Crippen molar-refractivity contribution < 1.29 is 4.39 Å². The Morgan fingerprint density at radius 2 is 2.10 bits per heavy atom. The quantitative estimate of drug-likeness (QED) is 0.747. The molecule has 0 saturated heterocycles. The molecular weight excluding hydrogens is 265 g/mol. The molecule has 0 radical (unpaired) electrons. The van der Waals surface area contributed by atoms with Crippen LogP contribution in [0.25, 0.3) is 11.0 Å². The van der Waals surface area contributed by atoms with Crippen LogP contribution in [0.5, 0.6) is 0 Å². The van der Waals surface area contributed by atoms with E-state index >= 15 is 0 Å². The van der Waals surface area contributed by atoms with Gasteiger partial charge in [0, 0.05) is 31.6 Å². The summed E-state index contributed by atoms with van der Waals surface area (Å²) in [4.78, 5) is 4.63. The third-order valence-corrected chi connectivity index (χ3v) is 3.68. The van der Waals surface area contributed by atoms with E-state index in [1.165, 1.54) is 25.0 Å². The molecule has 0 aliphatic heterocycles. The first kappa shape index (κ1) is 16.0. The van der Waals surface area contributed by atoms with Gasteiger partial charge in [-0.25, -0.2) is 9.37 Å². The van der Waals surface area contributed by atoms with Crippen molar-refractivity contribution in [2.24, 2.45) is 0 Å². The molecule has 2 rings (SSSR count). The van der Waals surface area contributed by atoms with Crippen LogP contribution < -0.4 is 5.32 Å². The first-order chi connectivity index (χ1) is 10.1. The lowest BCUT2D eigenvalue weighted by Gasteiger charge is -2.11. The van der Waals surface area contributed by atoms with Crippen LogP contribution in [-0.2, 0) is 13.0 Å². The molecule has 0 aliphatic rings. The number of nitrogens with zero attached hydrogens (tertiary/aromatic N) is 2. The summed E-state index contributed by atoms with van der Waals surface area (Å²) in [5.74, 6) is 0.840. The monoisotopic (exact) mass is 291 g/mol. The lowest BCUT2D eigenvalue weighted by molar-refractivity contribution is 0.554. The van der Waals surface area contributed by atoms with Gasteiger partial charge in [-0.15, -0.1) is 0 Å². The van der Waals surface area contributed by atoms with Gasteiger partial charge < -0.3 is 9.88 Å². The molecule has 3 nitrogen and oxygen atoms in total. The van der Waals surface area contributed by atoms with Crippen molar-refractivity contribution in [1.29, 1.82) is 0 Å². The molecule has 0 atom stereocenters. The maximum Gasteiger partial charge on any atom is 0.125 e. The molecule has 1 aromatic heterocycles. The number of imidazole rings is 1. The second kappa shape index (κ2) is 7.55. The molecule has 0 unspecified atom stereocenters. The SMILES string of the molecule is CCCCCn1c(CCNC(C)C)nc2cc(F)ccc21. The average Bonchev–Trinajstić information content (AvgIpc) is 2.76.